The van der Waals surface area contributed by atoms with Crippen molar-refractivity contribution in [2.24, 2.45) is 9.98 Å². The van der Waals surface area contributed by atoms with Crippen LogP contribution in [0, 0.1) is 0 Å². The maximum absolute atomic E-state index is 11.4. The van der Waals surface area contributed by atoms with Crippen LogP contribution in [0.3, 0.4) is 0 Å². The van der Waals surface area contributed by atoms with E-state index in [0.717, 1.165) is 0 Å². The predicted molar refractivity (Wildman–Crippen MR) is 76.7 cm³/mol. The van der Waals surface area contributed by atoms with Crippen molar-refractivity contribution < 1.29 is 27.3 Å². The van der Waals surface area contributed by atoms with E-state index in [1.54, 1.807) is 48.8 Å². The van der Waals surface area contributed by atoms with E-state index in [2.05, 4.69) is 9.98 Å². The summed E-state index contributed by atoms with van der Waals surface area (Å²) in [5.41, 5.74) is 1.14. The van der Waals surface area contributed by atoms with Gasteiger partial charge in [-0.15, -0.1) is 11.5 Å². The molecule has 0 aliphatic heterocycles. The molecule has 0 amide bonds. The molecule has 0 saturated heterocycles. The molecule has 107 valence electrons. The average molecular weight is 321 g/mol. The van der Waals surface area contributed by atoms with Crippen LogP contribution < -0.4 is 10.2 Å². The Morgan fingerprint density at radius 1 is 0.714 bits per heavy atom. The van der Waals surface area contributed by atoms with Crippen LogP contribution in [0.2, 0.25) is 0 Å². The van der Waals surface area contributed by atoms with Gasteiger partial charge in [0.05, 0.1) is 13.1 Å². The number of nitrogens with zero attached hydrogens (tertiary/aromatic N) is 2. The molecule has 2 rings (SSSR count). The van der Waals surface area contributed by atoms with Crippen molar-refractivity contribution in [2.75, 3.05) is 13.1 Å². The molecule has 0 atom stereocenters. The Morgan fingerprint density at radius 2 is 1.10 bits per heavy atom. The second-order valence-corrected chi connectivity index (χ2v) is 4.15. The minimum absolute atomic E-state index is 0. The Kier molecular flexibility index (Phi) is 7.22. The normalized spacial score (nSPS) is 10.9. The molecular formula is C16H14MnN2O2. The van der Waals surface area contributed by atoms with E-state index in [0.29, 0.717) is 24.2 Å². The molecule has 2 aromatic carbocycles. The van der Waals surface area contributed by atoms with E-state index in [9.17, 15) is 10.2 Å². The van der Waals surface area contributed by atoms with Gasteiger partial charge >= 0.3 is 17.1 Å². The molecule has 0 N–H and O–H groups in total. The standard InChI is InChI=1S/C16H16N2O2.Mn/c19-15-7-3-1-5-13(15)11-17-9-10-18-12-14-6-2-4-8-16(14)20;/h1-8,11-12,19-20H,9-10H2;/q;+2/p-2. The molecular weight excluding hydrogens is 307 g/mol. The van der Waals surface area contributed by atoms with Crippen molar-refractivity contribution in [3.63, 3.8) is 0 Å². The summed E-state index contributed by atoms with van der Waals surface area (Å²) in [7, 11) is 0. The monoisotopic (exact) mass is 321 g/mol. The third-order valence-corrected chi connectivity index (χ3v) is 2.66. The largest absolute Gasteiger partial charge is 2.00 e. The average Bonchev–Trinajstić information content (AvgIpc) is 2.46. The predicted octanol–water partition coefficient (Wildman–Crippen LogP) is 1.37. The number of hydrogen-bond acceptors (Lipinski definition) is 4. The summed E-state index contributed by atoms with van der Waals surface area (Å²) in [6, 6.07) is 13.5. The molecule has 0 spiro atoms. The zero-order valence-corrected chi connectivity index (χ0v) is 12.5. The fourth-order valence-corrected chi connectivity index (χ4v) is 1.62. The third-order valence-electron chi connectivity index (χ3n) is 2.66. The van der Waals surface area contributed by atoms with Gasteiger partial charge in [-0.2, -0.15) is 0 Å². The van der Waals surface area contributed by atoms with Crippen LogP contribution in [-0.2, 0) is 17.1 Å². The zero-order chi connectivity index (χ0) is 14.2. The summed E-state index contributed by atoms with van der Waals surface area (Å²) in [6.45, 7) is 0.956. The van der Waals surface area contributed by atoms with Gasteiger partial charge in [0.25, 0.3) is 0 Å². The fourth-order valence-electron chi connectivity index (χ4n) is 1.62. The van der Waals surface area contributed by atoms with E-state index < -0.39 is 0 Å². The van der Waals surface area contributed by atoms with Gasteiger partial charge in [0.2, 0.25) is 0 Å². The van der Waals surface area contributed by atoms with Crippen molar-refractivity contribution >= 4 is 12.4 Å². The molecule has 0 aliphatic carbocycles. The summed E-state index contributed by atoms with van der Waals surface area (Å²) in [5.74, 6) is -0.0833. The molecule has 1 radical (unpaired) electrons. The quantitative estimate of drug-likeness (QED) is 0.474. The van der Waals surface area contributed by atoms with Gasteiger partial charge in [0.1, 0.15) is 0 Å². The van der Waals surface area contributed by atoms with Crippen LogP contribution in [-0.4, -0.2) is 25.5 Å². The van der Waals surface area contributed by atoms with Crippen LogP contribution in [0.5, 0.6) is 11.5 Å². The molecule has 0 unspecified atom stereocenters. The van der Waals surface area contributed by atoms with Crippen molar-refractivity contribution in [2.45, 2.75) is 0 Å². The van der Waals surface area contributed by atoms with Gasteiger partial charge < -0.3 is 10.2 Å². The maximum Gasteiger partial charge on any atom is 2.00 e. The van der Waals surface area contributed by atoms with E-state index in [4.69, 9.17) is 0 Å². The third kappa shape index (κ3) is 5.42. The minimum atomic E-state index is -0.0416. The molecule has 2 aromatic rings. The van der Waals surface area contributed by atoms with Gasteiger partial charge in [0, 0.05) is 12.4 Å². The van der Waals surface area contributed by atoms with Crippen LogP contribution in [0.25, 0.3) is 0 Å². The first kappa shape index (κ1) is 17.0. The van der Waals surface area contributed by atoms with Crippen LogP contribution in [0.1, 0.15) is 11.1 Å². The number of para-hydroxylation sites is 2. The maximum atomic E-state index is 11.4. The molecule has 0 aromatic heterocycles. The summed E-state index contributed by atoms with van der Waals surface area (Å²) >= 11 is 0. The molecule has 0 saturated carbocycles. The van der Waals surface area contributed by atoms with E-state index in [1.165, 1.54) is 12.1 Å². The topological polar surface area (TPSA) is 70.8 Å². The fraction of sp³-hybridized carbons (Fsp3) is 0.125. The van der Waals surface area contributed by atoms with Crippen LogP contribution >= 0.6 is 0 Å². The molecule has 21 heavy (non-hydrogen) atoms. The number of benzene rings is 2. The molecule has 0 fully saturated rings. The van der Waals surface area contributed by atoms with Gasteiger partial charge in [-0.1, -0.05) is 48.5 Å². The Morgan fingerprint density at radius 3 is 1.48 bits per heavy atom. The van der Waals surface area contributed by atoms with Gasteiger partial charge in [-0.3, -0.25) is 9.98 Å². The van der Waals surface area contributed by atoms with E-state index in [1.807, 2.05) is 0 Å². The van der Waals surface area contributed by atoms with Gasteiger partial charge in [-0.05, 0) is 11.1 Å². The number of aliphatic imine (C=N–C) groups is 2. The van der Waals surface area contributed by atoms with Crippen LogP contribution in [0.15, 0.2) is 58.5 Å². The Labute approximate surface area is 134 Å². The molecule has 0 bridgehead atoms. The first-order valence-electron chi connectivity index (χ1n) is 6.29. The van der Waals surface area contributed by atoms with Crippen molar-refractivity contribution in [3.8, 4) is 11.5 Å². The Hall–Kier alpha value is -2.10. The zero-order valence-electron chi connectivity index (χ0n) is 11.3. The van der Waals surface area contributed by atoms with E-state index >= 15 is 0 Å². The van der Waals surface area contributed by atoms with Crippen molar-refractivity contribution in [1.29, 1.82) is 0 Å². The summed E-state index contributed by atoms with van der Waals surface area (Å²) < 4.78 is 0. The van der Waals surface area contributed by atoms with Gasteiger partial charge in [-0.25, -0.2) is 0 Å². The number of rotatable bonds is 5. The van der Waals surface area contributed by atoms with E-state index in [-0.39, 0.29) is 28.6 Å². The summed E-state index contributed by atoms with van der Waals surface area (Å²) in [4.78, 5) is 8.28. The molecule has 0 aliphatic rings. The van der Waals surface area contributed by atoms with Gasteiger partial charge in [0.15, 0.2) is 0 Å². The Balaban J connectivity index is 0.00000220. The Bertz CT molecular complexity index is 572. The molecule has 4 nitrogen and oxygen atoms in total. The molecule has 0 heterocycles. The summed E-state index contributed by atoms with van der Waals surface area (Å²) in [5, 5.41) is 22.8. The smallest absolute Gasteiger partial charge is 0.872 e. The van der Waals surface area contributed by atoms with Crippen molar-refractivity contribution in [3.05, 3.63) is 59.7 Å². The minimum Gasteiger partial charge on any atom is -0.872 e. The first-order valence-corrected chi connectivity index (χ1v) is 6.29. The second-order valence-electron chi connectivity index (χ2n) is 4.15. The molecule has 5 heteroatoms. The SMILES string of the molecule is [Mn+2].[O-]c1ccccc1C=NCCN=Cc1ccccc1[O-]. The van der Waals surface area contributed by atoms with Crippen LogP contribution in [0.4, 0.5) is 0 Å². The second kappa shape index (κ2) is 8.95. The van der Waals surface area contributed by atoms with Crippen molar-refractivity contribution in [1.82, 2.24) is 0 Å². The first-order chi connectivity index (χ1) is 9.77. The summed E-state index contributed by atoms with van der Waals surface area (Å²) in [6.07, 6.45) is 3.11. The number of hydrogen-bond donors (Lipinski definition) is 0.